The maximum absolute atomic E-state index is 13.1. The number of carbonyl (C=O) groups excluding carboxylic acids is 1. The van der Waals surface area contributed by atoms with Gasteiger partial charge in [-0.1, -0.05) is 6.07 Å². The second-order valence-electron chi connectivity index (χ2n) is 8.77. The molecule has 2 bridgehead atoms. The fourth-order valence-electron chi connectivity index (χ4n) is 5.83. The molecule has 138 valence electrons. The molecule has 1 aromatic carbocycles. The molecular formula is C21H26N2O3. The van der Waals surface area contributed by atoms with Gasteiger partial charge in [-0.3, -0.25) is 9.69 Å². The normalized spacial score (nSPS) is 37.1. The summed E-state index contributed by atoms with van der Waals surface area (Å²) >= 11 is 0. The van der Waals surface area contributed by atoms with E-state index in [4.69, 9.17) is 9.47 Å². The van der Waals surface area contributed by atoms with E-state index in [2.05, 4.69) is 21.9 Å². The van der Waals surface area contributed by atoms with E-state index in [1.807, 2.05) is 6.07 Å². The molecule has 0 aromatic heterocycles. The first-order chi connectivity index (χ1) is 12.8. The van der Waals surface area contributed by atoms with E-state index in [1.165, 1.54) is 44.3 Å². The number of nitrogens with zero attached hydrogens (tertiary/aromatic N) is 2. The lowest BCUT2D eigenvalue weighted by molar-refractivity contribution is -0.136. The maximum Gasteiger partial charge on any atom is 0.231 e. The number of likely N-dealkylation sites (tertiary alicyclic amines) is 1. The third-order valence-corrected chi connectivity index (χ3v) is 7.30. The Morgan fingerprint density at radius 2 is 1.85 bits per heavy atom. The Labute approximate surface area is 154 Å². The molecular weight excluding hydrogens is 328 g/mol. The molecule has 26 heavy (non-hydrogen) atoms. The number of carbonyl (C=O) groups is 1. The molecule has 5 heterocycles. The lowest BCUT2D eigenvalue weighted by atomic mass is 9.75. The molecule has 1 saturated carbocycles. The van der Waals surface area contributed by atoms with Crippen molar-refractivity contribution in [2.24, 2.45) is 11.8 Å². The third-order valence-electron chi connectivity index (χ3n) is 7.30. The largest absolute Gasteiger partial charge is 0.454 e. The molecule has 5 nitrogen and oxygen atoms in total. The lowest BCUT2D eigenvalue weighted by Gasteiger charge is -2.51. The molecule has 6 aliphatic rings. The molecule has 5 aliphatic heterocycles. The van der Waals surface area contributed by atoms with Crippen LogP contribution in [0.3, 0.4) is 0 Å². The Morgan fingerprint density at radius 1 is 1.04 bits per heavy atom. The monoisotopic (exact) mass is 354 g/mol. The predicted molar refractivity (Wildman–Crippen MR) is 96.2 cm³/mol. The molecule has 7 rings (SSSR count). The minimum atomic E-state index is 0.315. The van der Waals surface area contributed by atoms with Gasteiger partial charge in [-0.05, 0) is 68.3 Å². The molecule has 5 heteroatoms. The minimum absolute atomic E-state index is 0.315. The summed E-state index contributed by atoms with van der Waals surface area (Å²) in [5.41, 5.74) is 1.30. The van der Waals surface area contributed by atoms with Gasteiger partial charge in [0.2, 0.25) is 12.7 Å². The number of rotatable bonds is 3. The van der Waals surface area contributed by atoms with Crippen molar-refractivity contribution in [3.05, 3.63) is 23.8 Å². The van der Waals surface area contributed by atoms with Crippen molar-refractivity contribution >= 4 is 5.91 Å². The van der Waals surface area contributed by atoms with E-state index in [0.29, 0.717) is 42.5 Å². The van der Waals surface area contributed by atoms with E-state index in [1.54, 1.807) is 0 Å². The van der Waals surface area contributed by atoms with Crippen molar-refractivity contribution in [1.29, 1.82) is 0 Å². The first kappa shape index (κ1) is 15.3. The molecule has 0 unspecified atom stereocenters. The van der Waals surface area contributed by atoms with Crippen LogP contribution in [0.4, 0.5) is 0 Å². The van der Waals surface area contributed by atoms with Crippen LogP contribution in [0.1, 0.15) is 43.6 Å². The van der Waals surface area contributed by atoms with Crippen molar-refractivity contribution in [3.63, 3.8) is 0 Å². The summed E-state index contributed by atoms with van der Waals surface area (Å²) in [6.45, 7) is 3.57. The maximum atomic E-state index is 13.1. The van der Waals surface area contributed by atoms with E-state index in [9.17, 15) is 4.79 Å². The van der Waals surface area contributed by atoms with Gasteiger partial charge in [0.25, 0.3) is 0 Å². The van der Waals surface area contributed by atoms with Crippen molar-refractivity contribution in [2.75, 3.05) is 26.4 Å². The smallest absolute Gasteiger partial charge is 0.231 e. The van der Waals surface area contributed by atoms with Crippen LogP contribution in [0.2, 0.25) is 0 Å². The van der Waals surface area contributed by atoms with Gasteiger partial charge in [0, 0.05) is 24.9 Å². The first-order valence-electron chi connectivity index (χ1n) is 10.2. The summed E-state index contributed by atoms with van der Waals surface area (Å²) in [5.74, 6) is 3.84. The number of fused-ring (bicyclic) bond motifs is 3. The second kappa shape index (κ2) is 5.62. The van der Waals surface area contributed by atoms with Crippen molar-refractivity contribution in [2.45, 2.75) is 50.1 Å². The molecule has 1 amide bonds. The van der Waals surface area contributed by atoms with E-state index < -0.39 is 0 Å². The molecule has 1 aromatic rings. The summed E-state index contributed by atoms with van der Waals surface area (Å²) in [5, 5.41) is 0. The average Bonchev–Trinajstić information content (AvgIpc) is 3.21. The van der Waals surface area contributed by atoms with Gasteiger partial charge in [0.1, 0.15) is 0 Å². The van der Waals surface area contributed by atoms with Crippen LogP contribution in [0, 0.1) is 11.8 Å². The quantitative estimate of drug-likeness (QED) is 0.837. The van der Waals surface area contributed by atoms with Crippen molar-refractivity contribution < 1.29 is 14.3 Å². The van der Waals surface area contributed by atoms with Gasteiger partial charge in [-0.15, -0.1) is 0 Å². The fraction of sp³-hybridized carbons (Fsp3) is 0.667. The molecule has 5 fully saturated rings. The second-order valence-corrected chi connectivity index (χ2v) is 8.77. The molecule has 4 saturated heterocycles. The molecule has 0 N–H and O–H groups in total. The number of benzene rings is 1. The first-order valence-corrected chi connectivity index (χ1v) is 10.2. The van der Waals surface area contributed by atoms with Crippen LogP contribution in [0.25, 0.3) is 0 Å². The Bertz CT molecular complexity index is 739. The number of ether oxygens (including phenoxy) is 2. The van der Waals surface area contributed by atoms with Gasteiger partial charge in [-0.25, -0.2) is 0 Å². The summed E-state index contributed by atoms with van der Waals surface area (Å²) in [6.07, 6.45) is 5.76. The molecule has 3 atom stereocenters. The number of hydrogen-bond acceptors (Lipinski definition) is 4. The van der Waals surface area contributed by atoms with E-state index in [-0.39, 0.29) is 0 Å². The van der Waals surface area contributed by atoms with Crippen LogP contribution in [0.15, 0.2) is 18.2 Å². The summed E-state index contributed by atoms with van der Waals surface area (Å²) < 4.78 is 11.1. The van der Waals surface area contributed by atoms with Crippen LogP contribution in [-0.4, -0.2) is 54.2 Å². The highest BCUT2D eigenvalue weighted by molar-refractivity contribution is 5.78. The number of piperidine rings is 3. The van der Waals surface area contributed by atoms with Crippen LogP contribution < -0.4 is 9.47 Å². The predicted octanol–water partition coefficient (Wildman–Crippen LogP) is 2.60. The van der Waals surface area contributed by atoms with Crippen molar-refractivity contribution in [1.82, 2.24) is 9.80 Å². The SMILES string of the molecule is O=C(CC1CC1)N1C[C@H](c2ccc3c(c2)OCO3)[C@@H]2[C@H]1C1CCN2CC1. The minimum Gasteiger partial charge on any atom is -0.454 e. The standard InChI is InChI=1S/C21H26N2O3/c24-19(9-13-1-2-13)23-11-16(15-3-4-17-18(10-15)26-12-25-17)21-20(23)14-5-7-22(21)8-6-14/h3-4,10,13-14,16,20-21H,1-2,5-9,11-12H2/t16-,20-,21-/m1/s1. The lowest BCUT2D eigenvalue weighted by Crippen LogP contribution is -2.60. The van der Waals surface area contributed by atoms with Crippen LogP contribution >= 0.6 is 0 Å². The van der Waals surface area contributed by atoms with Crippen molar-refractivity contribution in [3.8, 4) is 11.5 Å². The Morgan fingerprint density at radius 3 is 2.65 bits per heavy atom. The summed E-state index contributed by atoms with van der Waals surface area (Å²) in [6, 6.07) is 7.28. The average molecular weight is 354 g/mol. The zero-order valence-corrected chi connectivity index (χ0v) is 15.1. The highest BCUT2D eigenvalue weighted by Crippen LogP contribution is 2.48. The zero-order valence-electron chi connectivity index (χ0n) is 15.1. The number of hydrogen-bond donors (Lipinski definition) is 0. The van der Waals surface area contributed by atoms with E-state index in [0.717, 1.165) is 24.5 Å². The van der Waals surface area contributed by atoms with Crippen LogP contribution in [-0.2, 0) is 4.79 Å². The number of amides is 1. The highest BCUT2D eigenvalue weighted by atomic mass is 16.7. The van der Waals surface area contributed by atoms with Gasteiger partial charge in [-0.2, -0.15) is 0 Å². The molecule has 0 radical (unpaired) electrons. The van der Waals surface area contributed by atoms with Crippen LogP contribution in [0.5, 0.6) is 11.5 Å². The zero-order chi connectivity index (χ0) is 17.3. The van der Waals surface area contributed by atoms with Gasteiger partial charge < -0.3 is 14.4 Å². The Kier molecular flexibility index (Phi) is 3.31. The Balaban J connectivity index is 1.34. The Hall–Kier alpha value is -1.75. The molecule has 0 spiro atoms. The third kappa shape index (κ3) is 2.29. The topological polar surface area (TPSA) is 42.0 Å². The summed E-state index contributed by atoms with van der Waals surface area (Å²) in [7, 11) is 0. The molecule has 1 aliphatic carbocycles. The highest BCUT2D eigenvalue weighted by Gasteiger charge is 2.54. The fourth-order valence-corrected chi connectivity index (χ4v) is 5.83. The van der Waals surface area contributed by atoms with Gasteiger partial charge in [0.15, 0.2) is 11.5 Å². The van der Waals surface area contributed by atoms with E-state index >= 15 is 0 Å². The summed E-state index contributed by atoms with van der Waals surface area (Å²) in [4.78, 5) is 18.0. The van der Waals surface area contributed by atoms with Gasteiger partial charge in [0.05, 0.1) is 6.04 Å². The van der Waals surface area contributed by atoms with Gasteiger partial charge >= 0.3 is 0 Å².